The number of hydrogen-bond donors (Lipinski definition) is 0. The van der Waals surface area contributed by atoms with Crippen LogP contribution in [-0.4, -0.2) is 30.2 Å². The standard InChI is InChI=1S/C15H17NO6/c1-4-7-21-13(17)9(2)16-11-6-5-10(14(18)20-3)8-12(11)22-15(16)19/h5-6,8-9H,4,7H2,1-3H3. The molecule has 1 unspecified atom stereocenters. The van der Waals surface area contributed by atoms with E-state index in [4.69, 9.17) is 9.15 Å². The van der Waals surface area contributed by atoms with Crippen LogP contribution in [0.1, 0.15) is 36.7 Å². The second-order valence-corrected chi connectivity index (χ2v) is 4.76. The van der Waals surface area contributed by atoms with Gasteiger partial charge in [0.25, 0.3) is 0 Å². The molecule has 1 atom stereocenters. The van der Waals surface area contributed by atoms with Crippen LogP contribution in [0.15, 0.2) is 27.4 Å². The molecule has 7 heteroatoms. The number of hydrogen-bond acceptors (Lipinski definition) is 6. The van der Waals surface area contributed by atoms with Crippen molar-refractivity contribution in [3.05, 3.63) is 34.3 Å². The molecule has 0 aliphatic carbocycles. The zero-order chi connectivity index (χ0) is 16.3. The first-order valence-electron chi connectivity index (χ1n) is 6.89. The summed E-state index contributed by atoms with van der Waals surface area (Å²) in [4.78, 5) is 35.4. The minimum Gasteiger partial charge on any atom is -0.465 e. The van der Waals surface area contributed by atoms with E-state index in [-0.39, 0.29) is 11.1 Å². The van der Waals surface area contributed by atoms with Crippen LogP contribution < -0.4 is 5.76 Å². The maximum atomic E-state index is 12.0. The molecule has 118 valence electrons. The number of esters is 2. The summed E-state index contributed by atoms with van der Waals surface area (Å²) in [6, 6.07) is 3.63. The molecule has 22 heavy (non-hydrogen) atoms. The lowest BCUT2D eigenvalue weighted by atomic mass is 10.2. The lowest BCUT2D eigenvalue weighted by Gasteiger charge is -2.11. The van der Waals surface area contributed by atoms with Gasteiger partial charge < -0.3 is 13.9 Å². The van der Waals surface area contributed by atoms with Crippen LogP contribution in [-0.2, 0) is 14.3 Å². The Labute approximate surface area is 126 Å². The zero-order valence-electron chi connectivity index (χ0n) is 12.6. The Morgan fingerprint density at radius 2 is 2.09 bits per heavy atom. The van der Waals surface area contributed by atoms with Crippen molar-refractivity contribution in [3.8, 4) is 0 Å². The molecule has 1 aromatic heterocycles. The molecule has 0 saturated heterocycles. The van der Waals surface area contributed by atoms with Gasteiger partial charge in [0.1, 0.15) is 6.04 Å². The third kappa shape index (κ3) is 2.88. The summed E-state index contributed by atoms with van der Waals surface area (Å²) in [5.74, 6) is -1.73. The highest BCUT2D eigenvalue weighted by Gasteiger charge is 2.23. The first-order valence-corrected chi connectivity index (χ1v) is 6.89. The van der Waals surface area contributed by atoms with Crippen molar-refractivity contribution in [2.75, 3.05) is 13.7 Å². The Balaban J connectivity index is 2.43. The predicted octanol–water partition coefficient (Wildman–Crippen LogP) is 1.90. The summed E-state index contributed by atoms with van der Waals surface area (Å²) in [6.07, 6.45) is 0.696. The lowest BCUT2D eigenvalue weighted by molar-refractivity contribution is -0.147. The van der Waals surface area contributed by atoms with Crippen molar-refractivity contribution in [2.24, 2.45) is 0 Å². The number of carbonyl (C=O) groups is 2. The number of benzene rings is 1. The van der Waals surface area contributed by atoms with E-state index in [9.17, 15) is 14.4 Å². The van der Waals surface area contributed by atoms with E-state index in [1.54, 1.807) is 6.92 Å². The zero-order valence-corrected chi connectivity index (χ0v) is 12.6. The van der Waals surface area contributed by atoms with Gasteiger partial charge in [-0.25, -0.2) is 14.4 Å². The Morgan fingerprint density at radius 1 is 1.36 bits per heavy atom. The van der Waals surface area contributed by atoms with Crippen molar-refractivity contribution in [1.82, 2.24) is 4.57 Å². The van der Waals surface area contributed by atoms with Crippen molar-refractivity contribution >= 4 is 23.0 Å². The van der Waals surface area contributed by atoms with E-state index in [0.29, 0.717) is 18.5 Å². The van der Waals surface area contributed by atoms with Gasteiger partial charge in [-0.1, -0.05) is 6.92 Å². The number of aromatic nitrogens is 1. The van der Waals surface area contributed by atoms with Gasteiger partial charge in [-0.05, 0) is 31.5 Å². The largest absolute Gasteiger partial charge is 0.465 e. The molecule has 1 aromatic carbocycles. The molecule has 2 aromatic rings. The van der Waals surface area contributed by atoms with Crippen LogP contribution in [0.5, 0.6) is 0 Å². The third-order valence-corrected chi connectivity index (χ3v) is 3.21. The van der Waals surface area contributed by atoms with Crippen molar-refractivity contribution in [1.29, 1.82) is 0 Å². The van der Waals surface area contributed by atoms with Gasteiger partial charge in [-0.3, -0.25) is 4.57 Å². The molecule has 0 bridgehead atoms. The number of oxazole rings is 1. The minimum absolute atomic E-state index is 0.211. The second-order valence-electron chi connectivity index (χ2n) is 4.76. The molecule has 0 radical (unpaired) electrons. The Bertz CT molecular complexity index is 757. The number of carbonyl (C=O) groups excluding carboxylic acids is 2. The molecule has 0 amide bonds. The van der Waals surface area contributed by atoms with Crippen LogP contribution >= 0.6 is 0 Å². The summed E-state index contributed by atoms with van der Waals surface area (Å²) >= 11 is 0. The van der Waals surface area contributed by atoms with Crippen molar-refractivity contribution in [3.63, 3.8) is 0 Å². The van der Waals surface area contributed by atoms with Crippen molar-refractivity contribution < 1.29 is 23.5 Å². The van der Waals surface area contributed by atoms with E-state index in [1.807, 2.05) is 6.92 Å². The van der Waals surface area contributed by atoms with Crippen LogP contribution in [0.3, 0.4) is 0 Å². The van der Waals surface area contributed by atoms with Crippen LogP contribution in [0.2, 0.25) is 0 Å². The fourth-order valence-electron chi connectivity index (χ4n) is 2.08. The highest BCUT2D eigenvalue weighted by atomic mass is 16.5. The van der Waals surface area contributed by atoms with Gasteiger partial charge >= 0.3 is 17.7 Å². The van der Waals surface area contributed by atoms with Crippen molar-refractivity contribution in [2.45, 2.75) is 26.3 Å². The molecule has 0 aliphatic heterocycles. The van der Waals surface area contributed by atoms with Crippen LogP contribution in [0, 0.1) is 0 Å². The predicted molar refractivity (Wildman–Crippen MR) is 77.8 cm³/mol. The van der Waals surface area contributed by atoms with Gasteiger partial charge in [0.05, 0.1) is 24.8 Å². The van der Waals surface area contributed by atoms with Gasteiger partial charge in [-0.2, -0.15) is 0 Å². The van der Waals surface area contributed by atoms with Crippen LogP contribution in [0.25, 0.3) is 11.1 Å². The van der Waals surface area contributed by atoms with Gasteiger partial charge in [0.2, 0.25) is 0 Å². The minimum atomic E-state index is -0.815. The number of methoxy groups -OCH3 is 1. The summed E-state index contributed by atoms with van der Waals surface area (Å²) in [5, 5.41) is 0. The fraction of sp³-hybridized carbons (Fsp3) is 0.400. The fourth-order valence-corrected chi connectivity index (χ4v) is 2.08. The number of rotatable bonds is 5. The number of ether oxygens (including phenoxy) is 2. The summed E-state index contributed by atoms with van der Waals surface area (Å²) < 4.78 is 16.0. The second kappa shape index (κ2) is 6.46. The average molecular weight is 307 g/mol. The Morgan fingerprint density at radius 3 is 2.73 bits per heavy atom. The molecule has 0 spiro atoms. The van der Waals surface area contributed by atoms with Gasteiger partial charge in [-0.15, -0.1) is 0 Å². The van der Waals surface area contributed by atoms with Crippen LogP contribution in [0.4, 0.5) is 0 Å². The normalized spacial score (nSPS) is 12.1. The Hall–Kier alpha value is -2.57. The first-order chi connectivity index (χ1) is 10.5. The molecule has 2 rings (SSSR count). The van der Waals surface area contributed by atoms with E-state index >= 15 is 0 Å². The molecular weight excluding hydrogens is 290 g/mol. The topological polar surface area (TPSA) is 87.7 Å². The van der Waals surface area contributed by atoms with E-state index in [0.717, 1.165) is 0 Å². The third-order valence-electron chi connectivity index (χ3n) is 3.21. The molecule has 0 aliphatic rings. The smallest absolute Gasteiger partial charge is 0.420 e. The molecular formula is C15H17NO6. The molecule has 1 heterocycles. The highest BCUT2D eigenvalue weighted by molar-refractivity contribution is 5.93. The Kier molecular flexibility index (Phi) is 4.65. The molecule has 0 saturated carbocycles. The van der Waals surface area contributed by atoms with Gasteiger partial charge in [0, 0.05) is 0 Å². The molecule has 0 N–H and O–H groups in total. The van der Waals surface area contributed by atoms with E-state index in [1.165, 1.54) is 29.9 Å². The average Bonchev–Trinajstić information content (AvgIpc) is 2.85. The monoisotopic (exact) mass is 307 g/mol. The maximum absolute atomic E-state index is 12.0. The highest BCUT2D eigenvalue weighted by Crippen LogP contribution is 2.20. The summed E-state index contributed by atoms with van der Waals surface area (Å²) in [7, 11) is 1.26. The number of nitrogens with zero attached hydrogens (tertiary/aromatic N) is 1. The van der Waals surface area contributed by atoms with E-state index in [2.05, 4.69) is 4.74 Å². The lowest BCUT2D eigenvalue weighted by Crippen LogP contribution is -2.26. The molecule has 0 fully saturated rings. The van der Waals surface area contributed by atoms with Gasteiger partial charge in [0.15, 0.2) is 5.58 Å². The van der Waals surface area contributed by atoms with E-state index < -0.39 is 23.7 Å². The SMILES string of the molecule is CCCOC(=O)C(C)n1c(=O)oc2cc(C(=O)OC)ccc21. The first kappa shape index (κ1) is 15.8. The number of fused-ring (bicyclic) bond motifs is 1. The maximum Gasteiger partial charge on any atom is 0.420 e. The quantitative estimate of drug-likeness (QED) is 0.784. The summed E-state index contributed by atoms with van der Waals surface area (Å²) in [6.45, 7) is 3.73. The summed E-state index contributed by atoms with van der Waals surface area (Å²) in [5.41, 5.74) is 0.888. The molecule has 7 nitrogen and oxygen atoms in total.